The minimum absolute atomic E-state index is 0.193. The summed E-state index contributed by atoms with van der Waals surface area (Å²) in [6.45, 7) is 2.08. The second-order valence-electron chi connectivity index (χ2n) is 10.9. The molecule has 0 saturated carbocycles. The highest BCUT2D eigenvalue weighted by molar-refractivity contribution is 7.99. The number of rotatable bonds is 11. The molecule has 0 atom stereocenters. The number of halogens is 3. The number of benzene rings is 3. The Balaban J connectivity index is 1.38. The maximum atomic E-state index is 13.5. The molecule has 5 rings (SSSR count). The van der Waals surface area contributed by atoms with Crippen LogP contribution in [0.2, 0.25) is 0 Å². The summed E-state index contributed by atoms with van der Waals surface area (Å²) < 4.78 is 44.3. The van der Waals surface area contributed by atoms with Crippen molar-refractivity contribution in [3.63, 3.8) is 0 Å². The van der Waals surface area contributed by atoms with Gasteiger partial charge >= 0.3 is 12.1 Å². The Hall–Kier alpha value is -4.51. The summed E-state index contributed by atoms with van der Waals surface area (Å²) in [6.07, 6.45) is 0.899. The zero-order chi connectivity index (χ0) is 32.5. The topological polar surface area (TPSA) is 83.6 Å². The molecule has 1 saturated heterocycles. The largest absolute Gasteiger partial charge is 0.469 e. The average molecular weight is 649 g/mol. The fraction of sp³-hybridized carbons (Fsp3) is 0.286. The molecule has 3 aromatic carbocycles. The molecule has 0 spiro atoms. The molecule has 0 bridgehead atoms. The lowest BCUT2D eigenvalue weighted by atomic mass is 10.0. The number of amides is 1. The van der Waals surface area contributed by atoms with Crippen LogP contribution in [0.1, 0.15) is 47.2 Å². The third-order valence-electron chi connectivity index (χ3n) is 7.66. The molecule has 2 heterocycles. The molecular weight excluding hydrogens is 613 g/mol. The van der Waals surface area contributed by atoms with Crippen molar-refractivity contribution in [2.75, 3.05) is 41.5 Å². The number of carbonyl (C=O) groups excluding carboxylic acids is 2. The summed E-state index contributed by atoms with van der Waals surface area (Å²) in [5.74, 6) is -0.0457. The Bertz CT molecular complexity index is 1680. The van der Waals surface area contributed by atoms with Gasteiger partial charge in [0.15, 0.2) is 0 Å². The van der Waals surface area contributed by atoms with Gasteiger partial charge in [0.05, 0.1) is 30.5 Å². The number of nitrogens with zero attached hydrogens (tertiary/aromatic N) is 2. The maximum absolute atomic E-state index is 13.5. The molecule has 4 aromatic rings. The fourth-order valence-electron chi connectivity index (χ4n) is 5.23. The van der Waals surface area contributed by atoms with Gasteiger partial charge < -0.3 is 20.3 Å². The van der Waals surface area contributed by atoms with E-state index in [9.17, 15) is 22.8 Å². The Morgan fingerprint density at radius 2 is 1.76 bits per heavy atom. The van der Waals surface area contributed by atoms with Crippen molar-refractivity contribution < 1.29 is 27.5 Å². The monoisotopic (exact) mass is 648 g/mol. The van der Waals surface area contributed by atoms with Crippen molar-refractivity contribution in [2.24, 2.45) is 0 Å². The van der Waals surface area contributed by atoms with E-state index >= 15 is 0 Å². The Morgan fingerprint density at radius 1 is 0.957 bits per heavy atom. The van der Waals surface area contributed by atoms with Crippen LogP contribution < -0.4 is 15.5 Å². The lowest BCUT2D eigenvalue weighted by molar-refractivity contribution is -0.140. The normalized spacial score (nSPS) is 13.3. The minimum atomic E-state index is -4.41. The smallest absolute Gasteiger partial charge is 0.416 e. The lowest BCUT2D eigenvalue weighted by Gasteiger charge is -2.29. The molecule has 0 radical (unpaired) electrons. The van der Waals surface area contributed by atoms with Crippen LogP contribution in [-0.4, -0.2) is 42.8 Å². The van der Waals surface area contributed by atoms with Crippen molar-refractivity contribution >= 4 is 40.7 Å². The van der Waals surface area contributed by atoms with E-state index < -0.39 is 11.7 Å². The van der Waals surface area contributed by atoms with E-state index in [1.165, 1.54) is 31.4 Å². The molecule has 11 heteroatoms. The van der Waals surface area contributed by atoms with Crippen molar-refractivity contribution in [2.45, 2.75) is 43.3 Å². The molecule has 1 fully saturated rings. The van der Waals surface area contributed by atoms with Gasteiger partial charge in [-0.3, -0.25) is 14.6 Å². The molecular formula is C35H35F3N4O3S. The van der Waals surface area contributed by atoms with E-state index in [4.69, 9.17) is 4.74 Å². The number of piperidine rings is 1. The third-order valence-corrected chi connectivity index (χ3v) is 8.65. The van der Waals surface area contributed by atoms with Gasteiger partial charge in [-0.1, -0.05) is 18.2 Å². The van der Waals surface area contributed by atoms with E-state index in [2.05, 4.69) is 20.5 Å². The number of hydrogen-bond donors (Lipinski definition) is 2. The first kappa shape index (κ1) is 32.9. The number of hydrogen-bond acceptors (Lipinski definition) is 7. The Kier molecular flexibility index (Phi) is 10.8. The number of alkyl halides is 3. The Morgan fingerprint density at radius 3 is 2.54 bits per heavy atom. The summed E-state index contributed by atoms with van der Waals surface area (Å²) >= 11 is 1.47. The zero-order valence-electron chi connectivity index (χ0n) is 25.4. The number of pyridine rings is 1. The minimum Gasteiger partial charge on any atom is -0.469 e. The number of esters is 1. The maximum Gasteiger partial charge on any atom is 0.416 e. The summed E-state index contributed by atoms with van der Waals surface area (Å²) in [4.78, 5) is 32.7. The lowest BCUT2D eigenvalue weighted by Crippen LogP contribution is -2.29. The number of aromatic nitrogens is 1. The van der Waals surface area contributed by atoms with Crippen LogP contribution in [-0.2, 0) is 22.3 Å². The number of methoxy groups -OCH3 is 1. The molecule has 0 aliphatic carbocycles. The second kappa shape index (κ2) is 15.2. The van der Waals surface area contributed by atoms with Gasteiger partial charge in [-0.25, -0.2) is 0 Å². The van der Waals surface area contributed by atoms with Crippen molar-refractivity contribution in [3.8, 4) is 11.3 Å². The van der Waals surface area contributed by atoms with Gasteiger partial charge in [0.25, 0.3) is 5.91 Å². The number of ether oxygens (including phenoxy) is 1. The molecule has 1 aliphatic rings. The van der Waals surface area contributed by atoms with Crippen molar-refractivity contribution in [1.29, 1.82) is 0 Å². The van der Waals surface area contributed by atoms with E-state index in [1.807, 2.05) is 30.3 Å². The van der Waals surface area contributed by atoms with E-state index in [1.54, 1.807) is 36.5 Å². The summed E-state index contributed by atoms with van der Waals surface area (Å²) in [5, 5.41) is 6.27. The highest BCUT2D eigenvalue weighted by Gasteiger charge is 2.30. The predicted molar refractivity (Wildman–Crippen MR) is 176 cm³/mol. The molecule has 1 amide bonds. The summed E-state index contributed by atoms with van der Waals surface area (Å²) in [6, 6.07) is 21.9. The SMILES string of the molecule is COC(=O)CCSc1cccc(C(=O)Nc2ccc(N3CCCCC3)cc2-c2cc(NCc3cccc(C(F)(F)F)c3)ccn2)c1. The number of thioether (sulfide) groups is 1. The standard InChI is InChI=1S/C35H35F3N4O3S/c1-45-33(43)14-18-46-29-10-6-8-25(20-29)34(44)41-31-12-11-28(42-16-3-2-4-17-42)22-30(31)32-21-27(13-15-39-32)40-23-24-7-5-9-26(19-24)35(36,37)38/h5-13,15,19-22H,2-4,14,16-18,23H2,1H3,(H,39,40)(H,41,44). The van der Waals surface area contributed by atoms with Gasteiger partial charge in [0, 0.05) is 59.0 Å². The van der Waals surface area contributed by atoms with Crippen LogP contribution in [0.15, 0.2) is 90.0 Å². The van der Waals surface area contributed by atoms with Gasteiger partial charge in [-0.05, 0) is 85.5 Å². The van der Waals surface area contributed by atoms with Gasteiger partial charge in [0.1, 0.15) is 0 Å². The molecule has 7 nitrogen and oxygen atoms in total. The van der Waals surface area contributed by atoms with Crippen LogP contribution in [0, 0.1) is 0 Å². The van der Waals surface area contributed by atoms with Crippen LogP contribution in [0.3, 0.4) is 0 Å². The molecule has 1 aromatic heterocycles. The molecule has 0 unspecified atom stereocenters. The van der Waals surface area contributed by atoms with Crippen LogP contribution in [0.4, 0.5) is 30.2 Å². The Labute approximate surface area is 270 Å². The highest BCUT2D eigenvalue weighted by Crippen LogP contribution is 2.34. The fourth-order valence-corrected chi connectivity index (χ4v) is 6.12. The molecule has 2 N–H and O–H groups in total. The van der Waals surface area contributed by atoms with Crippen LogP contribution in [0.5, 0.6) is 0 Å². The first-order valence-corrected chi connectivity index (χ1v) is 16.0. The van der Waals surface area contributed by atoms with Crippen molar-refractivity contribution in [1.82, 2.24) is 4.98 Å². The van der Waals surface area contributed by atoms with E-state index in [0.29, 0.717) is 33.9 Å². The van der Waals surface area contributed by atoms with Crippen LogP contribution in [0.25, 0.3) is 11.3 Å². The van der Waals surface area contributed by atoms with Gasteiger partial charge in [-0.2, -0.15) is 13.2 Å². The molecule has 240 valence electrons. The number of anilines is 3. The van der Waals surface area contributed by atoms with Crippen molar-refractivity contribution in [3.05, 3.63) is 102 Å². The van der Waals surface area contributed by atoms with Crippen LogP contribution >= 0.6 is 11.8 Å². The van der Waals surface area contributed by atoms with Gasteiger partial charge in [0.2, 0.25) is 0 Å². The molecule has 1 aliphatic heterocycles. The zero-order valence-corrected chi connectivity index (χ0v) is 26.2. The van der Waals surface area contributed by atoms with Gasteiger partial charge in [-0.15, -0.1) is 11.8 Å². The first-order valence-electron chi connectivity index (χ1n) is 15.1. The van der Waals surface area contributed by atoms with E-state index in [-0.39, 0.29) is 24.8 Å². The molecule has 46 heavy (non-hydrogen) atoms. The van der Waals surface area contributed by atoms with E-state index in [0.717, 1.165) is 54.2 Å². The highest BCUT2D eigenvalue weighted by atomic mass is 32.2. The first-order chi connectivity index (χ1) is 22.2. The number of nitrogens with one attached hydrogen (secondary N) is 2. The predicted octanol–water partition coefficient (Wildman–Crippen LogP) is 8.28. The second-order valence-corrected chi connectivity index (χ2v) is 12.1. The summed E-state index contributed by atoms with van der Waals surface area (Å²) in [5.41, 5.74) is 3.90. The summed E-state index contributed by atoms with van der Waals surface area (Å²) in [7, 11) is 1.36. The average Bonchev–Trinajstić information content (AvgIpc) is 3.08. The number of carbonyl (C=O) groups is 2. The quantitative estimate of drug-likeness (QED) is 0.125. The third kappa shape index (κ3) is 8.81.